The van der Waals surface area contributed by atoms with Gasteiger partial charge >= 0.3 is 0 Å². The van der Waals surface area contributed by atoms with E-state index in [1.165, 1.54) is 0 Å². The fourth-order valence-electron chi connectivity index (χ4n) is 1.55. The molecule has 0 amide bonds. The number of nitrogens with zero attached hydrogens (tertiary/aromatic N) is 3. The maximum Gasteiger partial charge on any atom is 0.103 e. The number of aromatic nitrogens is 3. The highest BCUT2D eigenvalue weighted by Gasteiger charge is 2.18. The van der Waals surface area contributed by atoms with Gasteiger partial charge in [0.25, 0.3) is 0 Å². The predicted molar refractivity (Wildman–Crippen MR) is 64.5 cm³/mol. The molecular weight excluding hydrogens is 226 g/mol. The van der Waals surface area contributed by atoms with Crippen molar-refractivity contribution in [2.24, 2.45) is 5.92 Å². The molecule has 4 nitrogen and oxygen atoms in total. The monoisotopic (exact) mass is 245 g/mol. The van der Waals surface area contributed by atoms with Crippen molar-refractivity contribution < 1.29 is 4.74 Å². The molecule has 0 fully saturated rings. The molecule has 0 saturated carbocycles. The van der Waals surface area contributed by atoms with Crippen molar-refractivity contribution >= 4 is 11.6 Å². The average molecular weight is 246 g/mol. The van der Waals surface area contributed by atoms with Crippen LogP contribution in [0, 0.1) is 5.92 Å². The maximum absolute atomic E-state index is 5.84. The first-order valence-corrected chi connectivity index (χ1v) is 6.14. The van der Waals surface area contributed by atoms with Crippen molar-refractivity contribution in [3.05, 3.63) is 11.4 Å². The summed E-state index contributed by atoms with van der Waals surface area (Å²) in [6, 6.07) is 0. The van der Waals surface area contributed by atoms with Crippen molar-refractivity contribution in [2.45, 2.75) is 45.7 Å². The second-order valence-corrected chi connectivity index (χ2v) is 4.61. The van der Waals surface area contributed by atoms with E-state index in [0.717, 1.165) is 24.4 Å². The van der Waals surface area contributed by atoms with E-state index in [4.69, 9.17) is 16.3 Å². The Labute approximate surface area is 102 Å². The summed E-state index contributed by atoms with van der Waals surface area (Å²) in [6.45, 7) is 7.24. The third-order valence-corrected chi connectivity index (χ3v) is 2.88. The Morgan fingerprint density at radius 1 is 1.38 bits per heavy atom. The van der Waals surface area contributed by atoms with Crippen LogP contribution in [0.2, 0.25) is 0 Å². The summed E-state index contributed by atoms with van der Waals surface area (Å²) in [6.07, 6.45) is 1.06. The minimum absolute atomic E-state index is 0.0177. The smallest absolute Gasteiger partial charge is 0.103 e. The number of ether oxygens (including phenoxy) is 1. The lowest BCUT2D eigenvalue weighted by molar-refractivity contribution is 0.110. The fourth-order valence-corrected chi connectivity index (χ4v) is 1.74. The molecule has 0 aliphatic rings. The molecule has 0 bridgehead atoms. The molecule has 0 aromatic carbocycles. The topological polar surface area (TPSA) is 39.9 Å². The van der Waals surface area contributed by atoms with E-state index in [2.05, 4.69) is 24.2 Å². The fraction of sp³-hybridized carbons (Fsp3) is 0.818. The molecule has 1 aromatic rings. The minimum Gasteiger partial charge on any atom is -0.375 e. The Hall–Kier alpha value is -0.610. The van der Waals surface area contributed by atoms with Crippen LogP contribution in [0.5, 0.6) is 0 Å². The standard InChI is InChI=1S/C11H20ClN3O/c1-8(2)5-6-15-11(9(3)16-4)10(7-12)13-14-15/h8-9H,5-7H2,1-4H3. The molecule has 1 heterocycles. The van der Waals surface area contributed by atoms with Crippen molar-refractivity contribution in [1.82, 2.24) is 15.0 Å². The molecule has 0 aliphatic heterocycles. The highest BCUT2D eigenvalue weighted by Crippen LogP contribution is 2.20. The maximum atomic E-state index is 5.84. The Morgan fingerprint density at radius 2 is 2.06 bits per heavy atom. The Bertz CT molecular complexity index is 325. The molecule has 0 aliphatic carbocycles. The van der Waals surface area contributed by atoms with Gasteiger partial charge in [-0.2, -0.15) is 0 Å². The lowest BCUT2D eigenvalue weighted by Gasteiger charge is -2.13. The number of rotatable bonds is 6. The molecule has 0 radical (unpaired) electrons. The highest BCUT2D eigenvalue weighted by atomic mass is 35.5. The molecule has 92 valence electrons. The molecule has 0 N–H and O–H groups in total. The van der Waals surface area contributed by atoms with E-state index in [1.54, 1.807) is 7.11 Å². The van der Waals surface area contributed by atoms with E-state index in [1.807, 2.05) is 11.6 Å². The van der Waals surface area contributed by atoms with Crippen LogP contribution in [0.4, 0.5) is 0 Å². The summed E-state index contributed by atoms with van der Waals surface area (Å²) in [4.78, 5) is 0. The van der Waals surface area contributed by atoms with Gasteiger partial charge in [-0.05, 0) is 19.3 Å². The summed E-state index contributed by atoms with van der Waals surface area (Å²) in [5.74, 6) is 1.03. The van der Waals surface area contributed by atoms with Gasteiger partial charge in [0, 0.05) is 13.7 Å². The van der Waals surface area contributed by atoms with Gasteiger partial charge < -0.3 is 4.74 Å². The molecule has 5 heteroatoms. The number of aryl methyl sites for hydroxylation is 1. The van der Waals surface area contributed by atoms with Gasteiger partial charge in [-0.15, -0.1) is 16.7 Å². The lowest BCUT2D eigenvalue weighted by Crippen LogP contribution is -2.11. The third kappa shape index (κ3) is 3.19. The van der Waals surface area contributed by atoms with E-state index < -0.39 is 0 Å². The summed E-state index contributed by atoms with van der Waals surface area (Å²) < 4.78 is 7.23. The van der Waals surface area contributed by atoms with Crippen LogP contribution >= 0.6 is 11.6 Å². The molecule has 1 aromatic heterocycles. The van der Waals surface area contributed by atoms with Gasteiger partial charge in [0.05, 0.1) is 17.7 Å². The SMILES string of the molecule is COC(C)c1c(CCl)nnn1CCC(C)C. The molecular formula is C11H20ClN3O. The van der Waals surface area contributed by atoms with Crippen molar-refractivity contribution in [3.8, 4) is 0 Å². The minimum atomic E-state index is -0.0177. The number of hydrogen-bond donors (Lipinski definition) is 0. The van der Waals surface area contributed by atoms with Crippen molar-refractivity contribution in [3.63, 3.8) is 0 Å². The number of alkyl halides is 1. The summed E-state index contributed by atoms with van der Waals surface area (Å²) in [5, 5.41) is 8.21. The van der Waals surface area contributed by atoms with Gasteiger partial charge in [-0.3, -0.25) is 0 Å². The highest BCUT2D eigenvalue weighted by molar-refractivity contribution is 6.16. The Kier molecular flexibility index (Phi) is 5.22. The first-order chi connectivity index (χ1) is 7.60. The second kappa shape index (κ2) is 6.21. The lowest BCUT2D eigenvalue weighted by atomic mass is 10.1. The molecule has 0 saturated heterocycles. The molecule has 1 unspecified atom stereocenters. The Balaban J connectivity index is 2.86. The zero-order chi connectivity index (χ0) is 12.1. The first kappa shape index (κ1) is 13.5. The molecule has 1 rings (SSSR count). The largest absolute Gasteiger partial charge is 0.375 e. The van der Waals surface area contributed by atoms with E-state index in [0.29, 0.717) is 11.8 Å². The van der Waals surface area contributed by atoms with E-state index >= 15 is 0 Å². The van der Waals surface area contributed by atoms with Crippen LogP contribution in [0.1, 0.15) is 44.7 Å². The molecule has 1 atom stereocenters. The molecule has 0 spiro atoms. The van der Waals surface area contributed by atoms with E-state index in [9.17, 15) is 0 Å². The third-order valence-electron chi connectivity index (χ3n) is 2.63. The van der Waals surface area contributed by atoms with Gasteiger partial charge in [-0.25, -0.2) is 4.68 Å². The average Bonchev–Trinajstić information content (AvgIpc) is 2.68. The van der Waals surface area contributed by atoms with Gasteiger partial charge in [0.1, 0.15) is 5.69 Å². The summed E-state index contributed by atoms with van der Waals surface area (Å²) in [7, 11) is 1.68. The van der Waals surface area contributed by atoms with Crippen LogP contribution in [0.15, 0.2) is 0 Å². The predicted octanol–water partition coefficient (Wildman–Crippen LogP) is 2.77. The van der Waals surface area contributed by atoms with E-state index in [-0.39, 0.29) is 6.10 Å². The zero-order valence-corrected chi connectivity index (χ0v) is 11.2. The van der Waals surface area contributed by atoms with Crippen LogP contribution in [0.3, 0.4) is 0 Å². The molecule has 16 heavy (non-hydrogen) atoms. The van der Waals surface area contributed by atoms with Crippen LogP contribution in [-0.4, -0.2) is 22.1 Å². The zero-order valence-electron chi connectivity index (χ0n) is 10.4. The van der Waals surface area contributed by atoms with Gasteiger partial charge in [-0.1, -0.05) is 19.1 Å². The van der Waals surface area contributed by atoms with Gasteiger partial charge in [0.15, 0.2) is 0 Å². The number of methoxy groups -OCH3 is 1. The van der Waals surface area contributed by atoms with Crippen molar-refractivity contribution in [1.29, 1.82) is 0 Å². The van der Waals surface area contributed by atoms with Crippen LogP contribution in [0.25, 0.3) is 0 Å². The summed E-state index contributed by atoms with van der Waals surface area (Å²) >= 11 is 5.84. The van der Waals surface area contributed by atoms with Crippen LogP contribution < -0.4 is 0 Å². The number of halogens is 1. The summed E-state index contributed by atoms with van der Waals surface area (Å²) in [5.41, 5.74) is 1.82. The normalized spacial score (nSPS) is 13.4. The first-order valence-electron chi connectivity index (χ1n) is 5.61. The van der Waals surface area contributed by atoms with Crippen LogP contribution in [-0.2, 0) is 17.2 Å². The van der Waals surface area contributed by atoms with Crippen molar-refractivity contribution in [2.75, 3.05) is 7.11 Å². The second-order valence-electron chi connectivity index (χ2n) is 4.34. The van der Waals surface area contributed by atoms with Gasteiger partial charge in [0.2, 0.25) is 0 Å². The quantitative estimate of drug-likeness (QED) is 0.724. The Morgan fingerprint density at radius 3 is 2.56 bits per heavy atom. The number of hydrogen-bond acceptors (Lipinski definition) is 3.